The Labute approximate surface area is 82.3 Å². The van der Waals surface area contributed by atoms with Crippen LogP contribution in [0.1, 0.15) is 25.6 Å². The summed E-state index contributed by atoms with van der Waals surface area (Å²) >= 11 is 0. The third-order valence-corrected chi connectivity index (χ3v) is 2.28. The second-order valence-corrected chi connectivity index (χ2v) is 3.49. The first kappa shape index (κ1) is 10.6. The first-order valence-corrected chi connectivity index (χ1v) is 4.49. The molecule has 0 unspecified atom stereocenters. The predicted molar refractivity (Wildman–Crippen MR) is 54.5 cm³/mol. The Kier molecular flexibility index (Phi) is 2.78. The van der Waals surface area contributed by atoms with Crippen molar-refractivity contribution in [3.05, 3.63) is 16.0 Å². The van der Waals surface area contributed by atoms with Crippen molar-refractivity contribution >= 4 is 12.1 Å². The highest BCUT2D eigenvalue weighted by Gasteiger charge is 2.15. The molecule has 78 valence electrons. The molecule has 5 nitrogen and oxygen atoms in total. The van der Waals surface area contributed by atoms with Crippen molar-refractivity contribution in [2.75, 3.05) is 5.32 Å². The predicted octanol–water partition coefficient (Wildman–Crippen LogP) is 0.644. The van der Waals surface area contributed by atoms with Crippen LogP contribution in [0.25, 0.3) is 0 Å². The minimum absolute atomic E-state index is 0.0772. The van der Waals surface area contributed by atoms with Gasteiger partial charge in [0.05, 0.1) is 5.69 Å². The SMILES string of the molecule is Cc1c(NC=O)c(=O)n(C(C)C)n1C. The second kappa shape index (κ2) is 3.69. The van der Waals surface area contributed by atoms with E-state index in [2.05, 4.69) is 5.32 Å². The van der Waals surface area contributed by atoms with Crippen molar-refractivity contribution in [3.63, 3.8) is 0 Å². The topological polar surface area (TPSA) is 56.0 Å². The highest BCUT2D eigenvalue weighted by Crippen LogP contribution is 2.11. The summed E-state index contributed by atoms with van der Waals surface area (Å²) < 4.78 is 3.35. The quantitative estimate of drug-likeness (QED) is 0.723. The maximum absolute atomic E-state index is 11.8. The molecule has 0 spiro atoms. The average molecular weight is 197 g/mol. The van der Waals surface area contributed by atoms with Gasteiger partial charge in [-0.2, -0.15) is 0 Å². The number of nitrogens with zero attached hydrogens (tertiary/aromatic N) is 2. The van der Waals surface area contributed by atoms with Crippen LogP contribution in [-0.4, -0.2) is 15.8 Å². The van der Waals surface area contributed by atoms with Crippen LogP contribution in [0.4, 0.5) is 5.69 Å². The lowest BCUT2D eigenvalue weighted by Gasteiger charge is -2.10. The lowest BCUT2D eigenvalue weighted by molar-refractivity contribution is -0.105. The number of carbonyl (C=O) groups is 1. The molecule has 14 heavy (non-hydrogen) atoms. The van der Waals surface area contributed by atoms with Crippen LogP contribution in [0.15, 0.2) is 4.79 Å². The number of aromatic nitrogens is 2. The van der Waals surface area contributed by atoms with E-state index in [0.717, 1.165) is 5.69 Å². The number of nitrogens with one attached hydrogen (secondary N) is 1. The lowest BCUT2D eigenvalue weighted by Crippen LogP contribution is -2.24. The Bertz CT molecular complexity index is 401. The van der Waals surface area contributed by atoms with Crippen molar-refractivity contribution in [3.8, 4) is 0 Å². The van der Waals surface area contributed by atoms with Gasteiger partial charge in [-0.05, 0) is 20.8 Å². The Morgan fingerprint density at radius 2 is 2.00 bits per heavy atom. The van der Waals surface area contributed by atoms with E-state index in [0.29, 0.717) is 12.1 Å². The summed E-state index contributed by atoms with van der Waals surface area (Å²) in [6.07, 6.45) is 0.522. The number of hydrogen-bond acceptors (Lipinski definition) is 2. The Morgan fingerprint density at radius 1 is 1.43 bits per heavy atom. The minimum Gasteiger partial charge on any atom is -0.323 e. The molecule has 0 aliphatic carbocycles. The molecule has 1 aromatic heterocycles. The molecule has 0 saturated heterocycles. The van der Waals surface area contributed by atoms with Crippen LogP contribution in [0, 0.1) is 6.92 Å². The van der Waals surface area contributed by atoms with E-state index in [4.69, 9.17) is 0 Å². The molecule has 0 atom stereocenters. The van der Waals surface area contributed by atoms with Crippen LogP contribution in [-0.2, 0) is 11.8 Å². The molecule has 1 rings (SSSR count). The third kappa shape index (κ3) is 1.45. The first-order chi connectivity index (χ1) is 6.50. The molecule has 5 heteroatoms. The number of anilines is 1. The molecular formula is C9H15N3O2. The zero-order valence-corrected chi connectivity index (χ0v) is 8.87. The summed E-state index contributed by atoms with van der Waals surface area (Å²) in [5.41, 5.74) is 0.958. The standard InChI is InChI=1S/C9H15N3O2/c1-6(2)12-9(14)8(10-5-13)7(3)11(12)4/h5-6H,1-4H3,(H,10,13). The van der Waals surface area contributed by atoms with Gasteiger partial charge in [-0.15, -0.1) is 0 Å². The zero-order chi connectivity index (χ0) is 10.9. The maximum Gasteiger partial charge on any atom is 0.290 e. The van der Waals surface area contributed by atoms with Gasteiger partial charge in [-0.3, -0.25) is 14.3 Å². The molecule has 0 fully saturated rings. The van der Waals surface area contributed by atoms with Crippen molar-refractivity contribution < 1.29 is 4.79 Å². The minimum atomic E-state index is -0.160. The van der Waals surface area contributed by atoms with Gasteiger partial charge in [-0.1, -0.05) is 0 Å². The molecule has 1 aromatic rings. The van der Waals surface area contributed by atoms with Crippen LogP contribution in [0.3, 0.4) is 0 Å². The van der Waals surface area contributed by atoms with Crippen LogP contribution >= 0.6 is 0 Å². The van der Waals surface area contributed by atoms with Gasteiger partial charge in [-0.25, -0.2) is 4.68 Å². The van der Waals surface area contributed by atoms with Crippen molar-refractivity contribution in [2.24, 2.45) is 7.05 Å². The summed E-state index contributed by atoms with van der Waals surface area (Å²) in [5.74, 6) is 0. The smallest absolute Gasteiger partial charge is 0.290 e. The summed E-state index contributed by atoms with van der Waals surface area (Å²) in [7, 11) is 1.80. The summed E-state index contributed by atoms with van der Waals surface area (Å²) in [4.78, 5) is 22.1. The molecule has 1 N–H and O–H groups in total. The van der Waals surface area contributed by atoms with Gasteiger partial charge in [0.25, 0.3) is 5.56 Å². The Morgan fingerprint density at radius 3 is 2.36 bits per heavy atom. The summed E-state index contributed by atoms with van der Waals surface area (Å²) in [6.45, 7) is 5.64. The monoisotopic (exact) mass is 197 g/mol. The molecule has 0 aliphatic heterocycles. The van der Waals surface area contributed by atoms with Crippen molar-refractivity contribution in [1.82, 2.24) is 9.36 Å². The van der Waals surface area contributed by atoms with E-state index < -0.39 is 0 Å². The fourth-order valence-corrected chi connectivity index (χ4v) is 1.53. The number of carbonyl (C=O) groups excluding carboxylic acids is 1. The molecule has 0 radical (unpaired) electrons. The van der Waals surface area contributed by atoms with E-state index in [9.17, 15) is 9.59 Å². The number of rotatable bonds is 3. The molecule has 0 bridgehead atoms. The van der Waals surface area contributed by atoms with Crippen molar-refractivity contribution in [1.29, 1.82) is 0 Å². The molecule has 0 saturated carbocycles. The summed E-state index contributed by atoms with van der Waals surface area (Å²) in [5, 5.41) is 2.43. The van der Waals surface area contributed by atoms with Gasteiger partial charge in [0.1, 0.15) is 5.69 Å². The fraction of sp³-hybridized carbons (Fsp3) is 0.556. The summed E-state index contributed by atoms with van der Waals surface area (Å²) in [6, 6.07) is 0.0772. The van der Waals surface area contributed by atoms with E-state index in [1.165, 1.54) is 0 Å². The largest absolute Gasteiger partial charge is 0.323 e. The molecule has 1 heterocycles. The maximum atomic E-state index is 11.8. The molecule has 0 aromatic carbocycles. The normalized spacial score (nSPS) is 10.6. The van der Waals surface area contributed by atoms with Crippen molar-refractivity contribution in [2.45, 2.75) is 26.8 Å². The van der Waals surface area contributed by atoms with Crippen LogP contribution < -0.4 is 10.9 Å². The van der Waals surface area contributed by atoms with Gasteiger partial charge < -0.3 is 5.32 Å². The van der Waals surface area contributed by atoms with Gasteiger partial charge in [0.15, 0.2) is 0 Å². The lowest BCUT2D eigenvalue weighted by atomic mass is 10.4. The van der Waals surface area contributed by atoms with Gasteiger partial charge >= 0.3 is 0 Å². The van der Waals surface area contributed by atoms with Crippen LogP contribution in [0.5, 0.6) is 0 Å². The van der Waals surface area contributed by atoms with Crippen LogP contribution in [0.2, 0.25) is 0 Å². The molecular weight excluding hydrogens is 182 g/mol. The van der Waals surface area contributed by atoms with Gasteiger partial charge in [0, 0.05) is 13.1 Å². The molecule has 1 amide bonds. The third-order valence-electron chi connectivity index (χ3n) is 2.28. The van der Waals surface area contributed by atoms with E-state index >= 15 is 0 Å². The van der Waals surface area contributed by atoms with E-state index in [-0.39, 0.29) is 11.6 Å². The highest BCUT2D eigenvalue weighted by atomic mass is 16.1. The fourth-order valence-electron chi connectivity index (χ4n) is 1.53. The van der Waals surface area contributed by atoms with E-state index in [1.807, 2.05) is 13.8 Å². The average Bonchev–Trinajstić information content (AvgIpc) is 2.30. The van der Waals surface area contributed by atoms with Gasteiger partial charge in [0.2, 0.25) is 6.41 Å². The number of hydrogen-bond donors (Lipinski definition) is 1. The highest BCUT2D eigenvalue weighted by molar-refractivity contribution is 5.72. The van der Waals surface area contributed by atoms with E-state index in [1.54, 1.807) is 23.3 Å². The first-order valence-electron chi connectivity index (χ1n) is 4.49. The zero-order valence-electron chi connectivity index (χ0n) is 8.87. The Hall–Kier alpha value is -1.52. The Balaban J connectivity index is 3.41. The second-order valence-electron chi connectivity index (χ2n) is 3.49. The number of amides is 1. The molecule has 0 aliphatic rings.